The van der Waals surface area contributed by atoms with Crippen LogP contribution in [-0.2, 0) is 9.84 Å². The van der Waals surface area contributed by atoms with Gasteiger partial charge in [-0.3, -0.25) is 4.79 Å². The van der Waals surface area contributed by atoms with Gasteiger partial charge in [-0.2, -0.15) is 0 Å². The first-order chi connectivity index (χ1) is 8.89. The molecule has 2 rings (SSSR count). The second-order valence-corrected chi connectivity index (χ2v) is 7.22. The van der Waals surface area contributed by atoms with Crippen LogP contribution in [0.5, 0.6) is 0 Å². The van der Waals surface area contributed by atoms with Crippen LogP contribution in [0.4, 0.5) is 5.69 Å². The molecular formula is C13H18N2O3S. The Labute approximate surface area is 113 Å². The predicted octanol–water partition coefficient (Wildman–Crippen LogP) is 1.08. The number of amides is 1. The van der Waals surface area contributed by atoms with Crippen LogP contribution in [0.3, 0.4) is 0 Å². The summed E-state index contributed by atoms with van der Waals surface area (Å²) in [4.78, 5) is 11.3. The van der Waals surface area contributed by atoms with Gasteiger partial charge in [0.1, 0.15) is 9.84 Å². The van der Waals surface area contributed by atoms with E-state index in [1.807, 2.05) is 13.0 Å². The van der Waals surface area contributed by atoms with Crippen molar-refractivity contribution in [3.8, 4) is 0 Å². The molecule has 1 amide bonds. The number of hydrogen-bond donors (Lipinski definition) is 2. The number of sulfone groups is 1. The second-order valence-electron chi connectivity index (χ2n) is 4.91. The lowest BCUT2D eigenvalue weighted by atomic mass is 10.0. The second kappa shape index (κ2) is 5.21. The number of carbonyl (C=O) groups is 1. The molecule has 0 aliphatic carbocycles. The molecule has 1 saturated heterocycles. The summed E-state index contributed by atoms with van der Waals surface area (Å²) in [5.41, 5.74) is 7.46. The minimum absolute atomic E-state index is 0.130. The van der Waals surface area contributed by atoms with E-state index in [4.69, 9.17) is 5.73 Å². The Morgan fingerprint density at radius 1 is 1.32 bits per heavy atom. The first kappa shape index (κ1) is 13.9. The summed E-state index contributed by atoms with van der Waals surface area (Å²) in [7, 11) is -2.85. The average molecular weight is 282 g/mol. The molecule has 0 unspecified atom stereocenters. The monoisotopic (exact) mass is 282 g/mol. The van der Waals surface area contributed by atoms with Gasteiger partial charge < -0.3 is 11.1 Å². The summed E-state index contributed by atoms with van der Waals surface area (Å²) >= 11 is 0. The van der Waals surface area contributed by atoms with Crippen LogP contribution in [-0.4, -0.2) is 31.9 Å². The van der Waals surface area contributed by atoms with Crippen molar-refractivity contribution in [3.63, 3.8) is 0 Å². The van der Waals surface area contributed by atoms with Crippen LogP contribution in [0, 0.1) is 6.92 Å². The highest BCUT2D eigenvalue weighted by Gasteiger charge is 2.23. The highest BCUT2D eigenvalue weighted by Crippen LogP contribution is 2.23. The summed E-state index contributed by atoms with van der Waals surface area (Å²) in [5.74, 6) is -0.00860. The largest absolute Gasteiger partial charge is 0.382 e. The fourth-order valence-corrected chi connectivity index (χ4v) is 3.80. The molecule has 19 heavy (non-hydrogen) atoms. The van der Waals surface area contributed by atoms with Gasteiger partial charge in [-0.15, -0.1) is 0 Å². The van der Waals surface area contributed by atoms with Gasteiger partial charge in [-0.1, -0.05) is 6.07 Å². The van der Waals surface area contributed by atoms with Crippen LogP contribution in [0.1, 0.15) is 28.8 Å². The minimum atomic E-state index is -2.85. The van der Waals surface area contributed by atoms with E-state index < -0.39 is 15.7 Å². The Balaban J connectivity index is 2.12. The molecule has 5 nitrogen and oxygen atoms in total. The zero-order chi connectivity index (χ0) is 14.0. The number of nitrogens with two attached hydrogens (primary N) is 1. The Kier molecular flexibility index (Phi) is 3.80. The number of benzene rings is 1. The molecule has 1 aliphatic heterocycles. The maximum atomic E-state index is 11.4. The van der Waals surface area contributed by atoms with Crippen molar-refractivity contribution >= 4 is 21.4 Å². The van der Waals surface area contributed by atoms with Gasteiger partial charge in [0.2, 0.25) is 5.91 Å². The standard InChI is InChI=1S/C13H18N2O3S/c1-9-11(13(14)16)3-2-4-12(9)15-10-5-7-19(17,18)8-6-10/h2-4,10,15H,5-8H2,1H3,(H2,14,16). The maximum absolute atomic E-state index is 11.4. The van der Waals surface area contributed by atoms with E-state index in [9.17, 15) is 13.2 Å². The Morgan fingerprint density at radius 2 is 1.95 bits per heavy atom. The van der Waals surface area contributed by atoms with E-state index in [0.29, 0.717) is 18.4 Å². The average Bonchev–Trinajstić information content (AvgIpc) is 2.34. The lowest BCUT2D eigenvalue weighted by Gasteiger charge is -2.25. The zero-order valence-electron chi connectivity index (χ0n) is 10.8. The molecule has 104 valence electrons. The fourth-order valence-electron chi connectivity index (χ4n) is 2.31. The van der Waals surface area contributed by atoms with E-state index in [2.05, 4.69) is 5.32 Å². The van der Waals surface area contributed by atoms with Crippen molar-refractivity contribution in [1.29, 1.82) is 0 Å². The third kappa shape index (κ3) is 3.26. The highest BCUT2D eigenvalue weighted by molar-refractivity contribution is 7.91. The molecular weight excluding hydrogens is 264 g/mol. The predicted molar refractivity (Wildman–Crippen MR) is 75.0 cm³/mol. The lowest BCUT2D eigenvalue weighted by Crippen LogP contribution is -2.32. The third-order valence-corrected chi connectivity index (χ3v) is 5.23. The van der Waals surface area contributed by atoms with Crippen molar-refractivity contribution < 1.29 is 13.2 Å². The van der Waals surface area contributed by atoms with Crippen LogP contribution < -0.4 is 11.1 Å². The molecule has 1 aliphatic rings. The summed E-state index contributed by atoms with van der Waals surface area (Å²) < 4.78 is 22.7. The Hall–Kier alpha value is -1.56. The molecule has 0 radical (unpaired) electrons. The number of carbonyl (C=O) groups excluding carboxylic acids is 1. The fraction of sp³-hybridized carbons (Fsp3) is 0.462. The number of primary amides is 1. The smallest absolute Gasteiger partial charge is 0.249 e. The van der Waals surface area contributed by atoms with Gasteiger partial charge in [0.25, 0.3) is 0 Å². The van der Waals surface area contributed by atoms with Crippen LogP contribution in [0.2, 0.25) is 0 Å². The summed E-state index contributed by atoms with van der Waals surface area (Å²) in [6.07, 6.45) is 1.20. The molecule has 0 aromatic heterocycles. The van der Waals surface area contributed by atoms with Crippen molar-refractivity contribution in [2.45, 2.75) is 25.8 Å². The molecule has 0 saturated carbocycles. The van der Waals surface area contributed by atoms with Crippen molar-refractivity contribution in [3.05, 3.63) is 29.3 Å². The summed E-state index contributed by atoms with van der Waals surface area (Å²) in [5, 5.41) is 3.31. The number of rotatable bonds is 3. The molecule has 0 atom stereocenters. The van der Waals surface area contributed by atoms with Crippen molar-refractivity contribution in [1.82, 2.24) is 0 Å². The lowest BCUT2D eigenvalue weighted by molar-refractivity contribution is 0.0999. The normalized spacial score (nSPS) is 19.0. The molecule has 1 heterocycles. The minimum Gasteiger partial charge on any atom is -0.382 e. The van der Waals surface area contributed by atoms with Gasteiger partial charge in [0.15, 0.2) is 0 Å². The van der Waals surface area contributed by atoms with Gasteiger partial charge in [0, 0.05) is 17.3 Å². The van der Waals surface area contributed by atoms with E-state index in [0.717, 1.165) is 11.3 Å². The summed E-state index contributed by atoms with van der Waals surface area (Å²) in [6, 6.07) is 5.47. The van der Waals surface area contributed by atoms with Crippen LogP contribution >= 0.6 is 0 Å². The number of hydrogen-bond acceptors (Lipinski definition) is 4. The van der Waals surface area contributed by atoms with Crippen molar-refractivity contribution in [2.75, 3.05) is 16.8 Å². The molecule has 1 aromatic rings. The van der Waals surface area contributed by atoms with Crippen LogP contribution in [0.15, 0.2) is 18.2 Å². The Morgan fingerprint density at radius 3 is 2.53 bits per heavy atom. The van der Waals surface area contributed by atoms with Gasteiger partial charge >= 0.3 is 0 Å². The Bertz CT molecular complexity index is 582. The van der Waals surface area contributed by atoms with Gasteiger partial charge in [-0.25, -0.2) is 8.42 Å². The first-order valence-corrected chi connectivity index (χ1v) is 8.07. The molecule has 6 heteroatoms. The molecule has 0 bridgehead atoms. The van der Waals surface area contributed by atoms with Crippen LogP contribution in [0.25, 0.3) is 0 Å². The quantitative estimate of drug-likeness (QED) is 0.868. The van der Waals surface area contributed by atoms with Crippen molar-refractivity contribution in [2.24, 2.45) is 5.73 Å². The number of nitrogens with one attached hydrogen (secondary N) is 1. The highest BCUT2D eigenvalue weighted by atomic mass is 32.2. The molecule has 1 aromatic carbocycles. The maximum Gasteiger partial charge on any atom is 0.249 e. The molecule has 3 N–H and O–H groups in total. The topological polar surface area (TPSA) is 89.3 Å². The van der Waals surface area contributed by atoms with Gasteiger partial charge in [0.05, 0.1) is 11.5 Å². The van der Waals surface area contributed by atoms with E-state index in [1.54, 1.807) is 12.1 Å². The zero-order valence-corrected chi connectivity index (χ0v) is 11.7. The number of anilines is 1. The molecule has 1 fully saturated rings. The third-order valence-electron chi connectivity index (χ3n) is 3.51. The SMILES string of the molecule is Cc1c(NC2CCS(=O)(=O)CC2)cccc1C(N)=O. The summed E-state index contributed by atoms with van der Waals surface area (Å²) in [6.45, 7) is 1.84. The van der Waals surface area contributed by atoms with E-state index in [1.165, 1.54) is 0 Å². The van der Waals surface area contributed by atoms with E-state index >= 15 is 0 Å². The molecule has 0 spiro atoms. The first-order valence-electron chi connectivity index (χ1n) is 6.25. The van der Waals surface area contributed by atoms with Gasteiger partial charge in [-0.05, 0) is 37.5 Å². The van der Waals surface area contributed by atoms with E-state index in [-0.39, 0.29) is 17.5 Å².